The molecule has 0 aromatic carbocycles. The van der Waals surface area contributed by atoms with Crippen LogP contribution in [0.15, 0.2) is 28.5 Å². The molecular formula is C16H23N5OS. The molecule has 7 heteroatoms. The van der Waals surface area contributed by atoms with Crippen molar-refractivity contribution in [3.05, 3.63) is 30.2 Å². The fourth-order valence-electron chi connectivity index (χ4n) is 2.71. The summed E-state index contributed by atoms with van der Waals surface area (Å²) in [6.07, 6.45) is 8.61. The summed E-state index contributed by atoms with van der Waals surface area (Å²) in [5.41, 5.74) is 1.18. The highest BCUT2D eigenvalue weighted by Gasteiger charge is 2.23. The second kappa shape index (κ2) is 7.88. The largest absolute Gasteiger partial charge is 0.343 e. The number of aromatic nitrogens is 4. The van der Waals surface area contributed by atoms with Gasteiger partial charge in [-0.25, -0.2) is 9.97 Å². The summed E-state index contributed by atoms with van der Waals surface area (Å²) >= 11 is 1.74. The molecule has 0 saturated carbocycles. The maximum absolute atomic E-state index is 4.84. The van der Waals surface area contributed by atoms with Gasteiger partial charge in [-0.2, -0.15) is 4.98 Å². The van der Waals surface area contributed by atoms with Crippen molar-refractivity contribution in [2.24, 2.45) is 0 Å². The number of rotatable bonds is 6. The summed E-state index contributed by atoms with van der Waals surface area (Å²) in [6, 6.07) is 0. The molecule has 3 heterocycles. The van der Waals surface area contributed by atoms with Crippen LogP contribution < -0.4 is 0 Å². The van der Waals surface area contributed by atoms with Crippen molar-refractivity contribution in [2.45, 2.75) is 56.0 Å². The minimum Gasteiger partial charge on any atom is -0.343 e. The second-order valence-corrected chi connectivity index (χ2v) is 7.46. The van der Waals surface area contributed by atoms with Crippen LogP contribution in [0.2, 0.25) is 0 Å². The lowest BCUT2D eigenvalue weighted by atomic mass is 9.96. The molecule has 0 radical (unpaired) electrons. The fraction of sp³-hybridized carbons (Fsp3) is 0.625. The van der Waals surface area contributed by atoms with Gasteiger partial charge in [0.15, 0.2) is 11.0 Å². The molecule has 23 heavy (non-hydrogen) atoms. The lowest BCUT2D eigenvalue weighted by Gasteiger charge is -2.30. The molecule has 0 spiro atoms. The predicted molar refractivity (Wildman–Crippen MR) is 89.2 cm³/mol. The Labute approximate surface area is 141 Å². The van der Waals surface area contributed by atoms with E-state index >= 15 is 0 Å². The molecule has 3 rings (SSSR count). The first-order chi connectivity index (χ1) is 11.2. The van der Waals surface area contributed by atoms with E-state index in [1.54, 1.807) is 11.8 Å². The molecule has 124 valence electrons. The summed E-state index contributed by atoms with van der Waals surface area (Å²) in [6.45, 7) is 7.39. The standard InChI is InChI=1S/C16H23N5OS/c1-3-12(2)23-16-17-8-13(9-18-16)10-21-6-4-14(5-7-21)15-19-11-22-20-15/h8-9,11-12,14H,3-7,10H2,1-2H3/t12-/m1/s1. The molecule has 0 aliphatic carbocycles. The Bertz CT molecular complexity index is 581. The predicted octanol–water partition coefficient (Wildman–Crippen LogP) is 3.13. The van der Waals surface area contributed by atoms with E-state index in [4.69, 9.17) is 4.52 Å². The summed E-state index contributed by atoms with van der Waals surface area (Å²) in [5.74, 6) is 1.27. The molecule has 1 saturated heterocycles. The summed E-state index contributed by atoms with van der Waals surface area (Å²) in [7, 11) is 0. The van der Waals surface area contributed by atoms with E-state index in [0.717, 1.165) is 49.9 Å². The summed E-state index contributed by atoms with van der Waals surface area (Å²) in [4.78, 5) is 15.6. The smallest absolute Gasteiger partial charge is 0.213 e. The Morgan fingerprint density at radius 1 is 1.26 bits per heavy atom. The Morgan fingerprint density at radius 2 is 2.00 bits per heavy atom. The average molecular weight is 333 g/mol. The Kier molecular flexibility index (Phi) is 5.61. The Hall–Kier alpha value is -1.47. The van der Waals surface area contributed by atoms with Gasteiger partial charge in [-0.05, 0) is 32.4 Å². The van der Waals surface area contributed by atoms with E-state index in [0.29, 0.717) is 11.2 Å². The average Bonchev–Trinajstić information content (AvgIpc) is 3.12. The Morgan fingerprint density at radius 3 is 2.61 bits per heavy atom. The maximum Gasteiger partial charge on any atom is 0.213 e. The molecular weight excluding hydrogens is 310 g/mol. The minimum atomic E-state index is 0.426. The van der Waals surface area contributed by atoms with Crippen molar-refractivity contribution in [2.75, 3.05) is 13.1 Å². The lowest BCUT2D eigenvalue weighted by molar-refractivity contribution is 0.199. The van der Waals surface area contributed by atoms with Crippen LogP contribution in [0.1, 0.15) is 50.4 Å². The Balaban J connectivity index is 1.48. The van der Waals surface area contributed by atoms with Crippen LogP contribution in [0.25, 0.3) is 0 Å². The van der Waals surface area contributed by atoms with Gasteiger partial charge in [0.2, 0.25) is 6.39 Å². The van der Waals surface area contributed by atoms with Crippen molar-refractivity contribution in [3.63, 3.8) is 0 Å². The quantitative estimate of drug-likeness (QED) is 0.594. The van der Waals surface area contributed by atoms with Crippen molar-refractivity contribution in [1.82, 2.24) is 25.0 Å². The SMILES string of the molecule is CC[C@@H](C)Sc1ncc(CN2CCC(c3ncon3)CC2)cn1. The normalized spacial score (nSPS) is 18.2. The summed E-state index contributed by atoms with van der Waals surface area (Å²) in [5, 5.41) is 5.40. The number of nitrogens with zero attached hydrogens (tertiary/aromatic N) is 5. The lowest BCUT2D eigenvalue weighted by Crippen LogP contribution is -2.32. The van der Waals surface area contributed by atoms with Crippen molar-refractivity contribution >= 4 is 11.8 Å². The van der Waals surface area contributed by atoms with Gasteiger partial charge in [-0.15, -0.1) is 0 Å². The highest BCUT2D eigenvalue weighted by Crippen LogP contribution is 2.26. The van der Waals surface area contributed by atoms with Gasteiger partial charge in [0.1, 0.15) is 0 Å². The topological polar surface area (TPSA) is 67.9 Å². The molecule has 1 aliphatic rings. The first-order valence-electron chi connectivity index (χ1n) is 8.20. The van der Waals surface area contributed by atoms with Crippen molar-refractivity contribution < 1.29 is 4.52 Å². The van der Waals surface area contributed by atoms with E-state index in [1.165, 1.54) is 12.0 Å². The van der Waals surface area contributed by atoms with Crippen LogP contribution in [0.3, 0.4) is 0 Å². The van der Waals surface area contributed by atoms with E-state index in [9.17, 15) is 0 Å². The molecule has 6 nitrogen and oxygen atoms in total. The molecule has 1 fully saturated rings. The molecule has 1 aliphatic heterocycles. The van der Waals surface area contributed by atoms with Gasteiger partial charge < -0.3 is 4.52 Å². The second-order valence-electron chi connectivity index (χ2n) is 6.05. The number of hydrogen-bond acceptors (Lipinski definition) is 7. The van der Waals surface area contributed by atoms with Crippen molar-refractivity contribution in [3.8, 4) is 0 Å². The molecule has 0 bridgehead atoms. The van der Waals surface area contributed by atoms with E-state index in [2.05, 4.69) is 38.9 Å². The zero-order valence-electron chi connectivity index (χ0n) is 13.7. The highest BCUT2D eigenvalue weighted by molar-refractivity contribution is 7.99. The van der Waals surface area contributed by atoms with Gasteiger partial charge in [0, 0.05) is 35.7 Å². The minimum absolute atomic E-state index is 0.426. The fourth-order valence-corrected chi connectivity index (χ4v) is 3.47. The molecule has 0 amide bonds. The molecule has 1 atom stereocenters. The zero-order valence-corrected chi connectivity index (χ0v) is 14.5. The van der Waals surface area contributed by atoms with Crippen LogP contribution >= 0.6 is 11.8 Å². The maximum atomic E-state index is 4.84. The van der Waals surface area contributed by atoms with Gasteiger partial charge in [-0.1, -0.05) is 30.8 Å². The summed E-state index contributed by atoms with van der Waals surface area (Å²) < 4.78 is 4.84. The van der Waals surface area contributed by atoms with Gasteiger partial charge in [0.25, 0.3) is 0 Å². The third-order valence-electron chi connectivity index (χ3n) is 4.30. The van der Waals surface area contributed by atoms with E-state index in [-0.39, 0.29) is 0 Å². The van der Waals surface area contributed by atoms with Gasteiger partial charge in [0.05, 0.1) is 0 Å². The first-order valence-corrected chi connectivity index (χ1v) is 9.08. The van der Waals surface area contributed by atoms with E-state index in [1.807, 2.05) is 12.4 Å². The van der Waals surface area contributed by atoms with Crippen LogP contribution in [-0.2, 0) is 6.54 Å². The number of likely N-dealkylation sites (tertiary alicyclic amines) is 1. The highest BCUT2D eigenvalue weighted by atomic mass is 32.2. The van der Waals surface area contributed by atoms with Crippen LogP contribution in [0.5, 0.6) is 0 Å². The van der Waals surface area contributed by atoms with E-state index < -0.39 is 0 Å². The molecule has 0 unspecified atom stereocenters. The third-order valence-corrected chi connectivity index (χ3v) is 5.46. The van der Waals surface area contributed by atoms with Crippen LogP contribution in [0.4, 0.5) is 0 Å². The molecule has 0 N–H and O–H groups in total. The van der Waals surface area contributed by atoms with Gasteiger partial charge >= 0.3 is 0 Å². The van der Waals surface area contributed by atoms with Crippen molar-refractivity contribution in [1.29, 1.82) is 0 Å². The third kappa shape index (κ3) is 4.51. The molecule has 2 aromatic rings. The van der Waals surface area contributed by atoms with Gasteiger partial charge in [-0.3, -0.25) is 4.90 Å². The van der Waals surface area contributed by atoms with Crippen LogP contribution in [-0.4, -0.2) is 43.3 Å². The number of piperidine rings is 1. The number of thioether (sulfide) groups is 1. The number of hydrogen-bond donors (Lipinski definition) is 0. The monoisotopic (exact) mass is 333 g/mol. The zero-order chi connectivity index (χ0) is 16.1. The van der Waals surface area contributed by atoms with Crippen LogP contribution in [0, 0.1) is 0 Å². The first kappa shape index (κ1) is 16.4. The molecule has 2 aromatic heterocycles.